The Morgan fingerprint density at radius 3 is 2.29 bits per heavy atom. The predicted molar refractivity (Wildman–Crippen MR) is 77.3 cm³/mol. The van der Waals surface area contributed by atoms with Gasteiger partial charge in [-0.05, 0) is 6.08 Å². The van der Waals surface area contributed by atoms with Crippen LogP contribution in [0.15, 0.2) is 18.5 Å². The molecule has 1 fully saturated rings. The van der Waals surface area contributed by atoms with Gasteiger partial charge in [0.2, 0.25) is 16.0 Å². The first-order chi connectivity index (χ1) is 9.86. The maximum atomic E-state index is 11.4. The van der Waals surface area contributed by atoms with Crippen molar-refractivity contribution in [3.05, 3.63) is 24.0 Å². The van der Waals surface area contributed by atoms with Crippen LogP contribution in [0.1, 0.15) is 5.56 Å². The number of sulfonamides is 1. The second-order valence-electron chi connectivity index (χ2n) is 4.64. The van der Waals surface area contributed by atoms with Gasteiger partial charge in [0.1, 0.15) is 0 Å². The predicted octanol–water partition coefficient (Wildman–Crippen LogP) is -0.344. The highest BCUT2D eigenvalue weighted by molar-refractivity contribution is 7.88. The Bertz CT molecular complexity index is 634. The Hall–Kier alpha value is -2.00. The van der Waals surface area contributed by atoms with Gasteiger partial charge in [0, 0.05) is 50.2 Å². The lowest BCUT2D eigenvalue weighted by atomic mass is 10.3. The third-order valence-electron chi connectivity index (χ3n) is 3.07. The van der Waals surface area contributed by atoms with E-state index in [0.29, 0.717) is 37.7 Å². The number of aromatic nitrogens is 2. The van der Waals surface area contributed by atoms with Crippen molar-refractivity contribution in [1.29, 1.82) is 0 Å². The Balaban J connectivity index is 1.99. The molecule has 114 valence electrons. The third-order valence-corrected chi connectivity index (χ3v) is 4.37. The van der Waals surface area contributed by atoms with Crippen molar-refractivity contribution in [2.75, 3.05) is 37.3 Å². The average molecular weight is 312 g/mol. The van der Waals surface area contributed by atoms with E-state index in [0.717, 1.165) is 6.08 Å². The summed E-state index contributed by atoms with van der Waals surface area (Å²) >= 11 is 0. The summed E-state index contributed by atoms with van der Waals surface area (Å²) in [5.74, 6) is -0.522. The Labute approximate surface area is 122 Å². The van der Waals surface area contributed by atoms with Crippen molar-refractivity contribution < 1.29 is 18.3 Å². The first-order valence-electron chi connectivity index (χ1n) is 6.29. The molecule has 21 heavy (non-hydrogen) atoms. The number of hydrogen-bond acceptors (Lipinski definition) is 6. The number of aliphatic carboxylic acids is 1. The van der Waals surface area contributed by atoms with Crippen molar-refractivity contribution in [1.82, 2.24) is 14.3 Å². The van der Waals surface area contributed by atoms with Crippen LogP contribution >= 0.6 is 0 Å². The smallest absolute Gasteiger partial charge is 0.328 e. The number of carbonyl (C=O) groups is 1. The molecule has 0 aliphatic carbocycles. The minimum atomic E-state index is -3.15. The molecule has 0 unspecified atom stereocenters. The van der Waals surface area contributed by atoms with Gasteiger partial charge in [-0.1, -0.05) is 0 Å². The lowest BCUT2D eigenvalue weighted by molar-refractivity contribution is -0.131. The molecule has 1 aromatic rings. The lowest BCUT2D eigenvalue weighted by Crippen LogP contribution is -2.48. The second kappa shape index (κ2) is 6.19. The van der Waals surface area contributed by atoms with Crippen LogP contribution in [0.25, 0.3) is 6.08 Å². The van der Waals surface area contributed by atoms with Gasteiger partial charge in [-0.15, -0.1) is 0 Å². The summed E-state index contributed by atoms with van der Waals surface area (Å²) in [4.78, 5) is 20.6. The largest absolute Gasteiger partial charge is 0.478 e. The molecular weight excluding hydrogens is 296 g/mol. The van der Waals surface area contributed by atoms with Gasteiger partial charge in [0.15, 0.2) is 0 Å². The van der Waals surface area contributed by atoms with Gasteiger partial charge in [-0.2, -0.15) is 4.31 Å². The highest BCUT2D eigenvalue weighted by Gasteiger charge is 2.24. The molecule has 0 amide bonds. The monoisotopic (exact) mass is 312 g/mol. The normalized spacial score (nSPS) is 17.3. The fraction of sp³-hybridized carbons (Fsp3) is 0.417. The van der Waals surface area contributed by atoms with Crippen LogP contribution in [0.5, 0.6) is 0 Å². The SMILES string of the molecule is CS(=O)(=O)N1CCN(c2ncc(/C=C/C(=O)O)cn2)CC1. The summed E-state index contributed by atoms with van der Waals surface area (Å²) in [7, 11) is -3.15. The first kappa shape index (κ1) is 15.4. The molecular formula is C12H16N4O4S. The van der Waals surface area contributed by atoms with Gasteiger partial charge < -0.3 is 10.0 Å². The van der Waals surface area contributed by atoms with E-state index in [4.69, 9.17) is 5.11 Å². The van der Waals surface area contributed by atoms with Crippen molar-refractivity contribution >= 4 is 28.0 Å². The fourth-order valence-electron chi connectivity index (χ4n) is 1.97. The highest BCUT2D eigenvalue weighted by Crippen LogP contribution is 2.13. The topological polar surface area (TPSA) is 104 Å². The molecule has 9 heteroatoms. The summed E-state index contributed by atoms with van der Waals surface area (Å²) < 4.78 is 24.3. The molecule has 0 bridgehead atoms. The lowest BCUT2D eigenvalue weighted by Gasteiger charge is -2.33. The van der Waals surface area contributed by atoms with E-state index in [2.05, 4.69) is 9.97 Å². The summed E-state index contributed by atoms with van der Waals surface area (Å²) in [6.45, 7) is 1.86. The number of rotatable bonds is 4. The van der Waals surface area contributed by atoms with Gasteiger partial charge >= 0.3 is 5.97 Å². The van der Waals surface area contributed by atoms with Gasteiger partial charge in [-0.3, -0.25) is 0 Å². The van der Waals surface area contributed by atoms with Crippen LogP contribution in [0.2, 0.25) is 0 Å². The van der Waals surface area contributed by atoms with Crippen LogP contribution in [0.4, 0.5) is 5.95 Å². The quantitative estimate of drug-likeness (QED) is 0.758. The van der Waals surface area contributed by atoms with Crippen LogP contribution in [-0.2, 0) is 14.8 Å². The molecule has 2 rings (SSSR count). The van der Waals surface area contributed by atoms with E-state index in [1.54, 1.807) is 0 Å². The summed E-state index contributed by atoms with van der Waals surface area (Å²) in [5.41, 5.74) is 0.593. The van der Waals surface area contributed by atoms with Crippen molar-refractivity contribution in [2.45, 2.75) is 0 Å². The summed E-state index contributed by atoms with van der Waals surface area (Å²) in [6.07, 6.45) is 6.69. The zero-order valence-corrected chi connectivity index (χ0v) is 12.3. The van der Waals surface area contributed by atoms with E-state index in [-0.39, 0.29) is 0 Å². The number of piperazine rings is 1. The summed E-state index contributed by atoms with van der Waals surface area (Å²) in [5, 5.41) is 8.53. The highest BCUT2D eigenvalue weighted by atomic mass is 32.2. The zero-order chi connectivity index (χ0) is 15.5. The molecule has 1 aromatic heterocycles. The minimum absolute atomic E-state index is 0.406. The van der Waals surface area contributed by atoms with Crippen molar-refractivity contribution in [3.8, 4) is 0 Å². The second-order valence-corrected chi connectivity index (χ2v) is 6.62. The molecule has 0 spiro atoms. The number of carboxylic acid groups (broad SMARTS) is 1. The van der Waals surface area contributed by atoms with Crippen LogP contribution in [-0.4, -0.2) is 66.2 Å². The van der Waals surface area contributed by atoms with Crippen molar-refractivity contribution in [3.63, 3.8) is 0 Å². The van der Waals surface area contributed by atoms with E-state index in [1.807, 2.05) is 4.90 Å². The number of anilines is 1. The number of nitrogens with zero attached hydrogens (tertiary/aromatic N) is 4. The van der Waals surface area contributed by atoms with E-state index < -0.39 is 16.0 Å². The molecule has 0 saturated carbocycles. The average Bonchev–Trinajstić information content (AvgIpc) is 2.45. The molecule has 1 N–H and O–H groups in total. The third kappa shape index (κ3) is 4.23. The molecule has 1 aliphatic heterocycles. The maximum absolute atomic E-state index is 11.4. The Kier molecular flexibility index (Phi) is 4.53. The van der Waals surface area contributed by atoms with E-state index in [9.17, 15) is 13.2 Å². The molecule has 1 saturated heterocycles. The van der Waals surface area contributed by atoms with Crippen LogP contribution in [0, 0.1) is 0 Å². The molecule has 0 aromatic carbocycles. The summed E-state index contributed by atoms with van der Waals surface area (Å²) in [6, 6.07) is 0. The van der Waals surface area contributed by atoms with E-state index >= 15 is 0 Å². The van der Waals surface area contributed by atoms with Gasteiger partial charge in [0.25, 0.3) is 0 Å². The van der Waals surface area contributed by atoms with Crippen LogP contribution < -0.4 is 4.90 Å². The maximum Gasteiger partial charge on any atom is 0.328 e. The van der Waals surface area contributed by atoms with Crippen LogP contribution in [0.3, 0.4) is 0 Å². The van der Waals surface area contributed by atoms with Gasteiger partial charge in [0.05, 0.1) is 6.26 Å². The first-order valence-corrected chi connectivity index (χ1v) is 8.14. The molecule has 8 nitrogen and oxygen atoms in total. The number of hydrogen-bond donors (Lipinski definition) is 1. The Morgan fingerprint density at radius 2 is 1.81 bits per heavy atom. The minimum Gasteiger partial charge on any atom is -0.478 e. The standard InChI is InChI=1S/C12H16N4O4S/c1-21(19,20)16-6-4-15(5-7-16)12-13-8-10(9-14-12)2-3-11(17)18/h2-3,8-9H,4-7H2,1H3,(H,17,18)/b3-2+. The van der Waals surface area contributed by atoms with Gasteiger partial charge in [-0.25, -0.2) is 23.2 Å². The number of carboxylic acids is 1. The molecule has 1 aliphatic rings. The molecule has 0 atom stereocenters. The zero-order valence-electron chi connectivity index (χ0n) is 11.5. The molecule has 2 heterocycles. The fourth-order valence-corrected chi connectivity index (χ4v) is 2.79. The molecule has 0 radical (unpaired) electrons. The van der Waals surface area contributed by atoms with Crippen molar-refractivity contribution in [2.24, 2.45) is 0 Å². The Morgan fingerprint density at radius 1 is 1.24 bits per heavy atom. The van der Waals surface area contributed by atoms with E-state index in [1.165, 1.54) is 29.0 Å².